The van der Waals surface area contributed by atoms with Gasteiger partial charge in [-0.15, -0.1) is 0 Å². The first kappa shape index (κ1) is 48.3. The van der Waals surface area contributed by atoms with Crippen LogP contribution in [-0.4, -0.2) is 109 Å². The summed E-state index contributed by atoms with van der Waals surface area (Å²) in [5, 5.41) is 2.40. The number of piperazine rings is 2. The molecule has 0 spiro atoms. The molecule has 0 aliphatic carbocycles. The Morgan fingerprint density at radius 2 is 1.15 bits per heavy atom. The van der Waals surface area contributed by atoms with Gasteiger partial charge in [0.15, 0.2) is 22.6 Å². The predicted molar refractivity (Wildman–Crippen MR) is 212 cm³/mol. The van der Waals surface area contributed by atoms with Crippen molar-refractivity contribution in [3.05, 3.63) is 112 Å². The Bertz CT molecular complexity index is 2350. The standard InChI is InChI=1S/C21H19F4N3O4.C15H15F3N2O3.C6H5ClFNO/c1-31-15-6-16(22)19(26-7-15)28-9-17(29)27(18(20(28)30)13-10-32-11-13)8-12-2-4-14(5-3-12)21(23,24)25;16-15(17,18)11-3-1-9(2-4-11)6-20-12(21)5-19-14(22)13(20)10-7-23-8-10;1-10-4-2-5(8)6(7)9-3-4/h2-7,13,18H,8-11H2,1H3;1-4,10,13H,5-8H2,(H,19,22);2-3H,1H3. The van der Waals surface area contributed by atoms with Crippen molar-refractivity contribution in [3.63, 3.8) is 0 Å². The first-order valence-electron chi connectivity index (χ1n) is 19.5. The van der Waals surface area contributed by atoms with Crippen LogP contribution in [-0.2, 0) is 54.1 Å². The lowest BCUT2D eigenvalue weighted by molar-refractivity contribution is -0.157. The SMILES string of the molecule is COc1cnc(Cl)c(F)c1.COc1cnc(N2CC(=O)N(Cc3ccc(C(F)(F)F)cc3)C(C3COC3)C2=O)c(F)c1.O=C1NCC(=O)N(Cc2ccc(C(F)(F)F)cc2)C1C1COC1. The van der Waals surface area contributed by atoms with E-state index in [-0.39, 0.29) is 73.2 Å². The quantitative estimate of drug-likeness (QED) is 0.164. The van der Waals surface area contributed by atoms with Crippen LogP contribution >= 0.6 is 11.6 Å². The highest BCUT2D eigenvalue weighted by Gasteiger charge is 2.48. The van der Waals surface area contributed by atoms with Crippen LogP contribution in [0.2, 0.25) is 5.15 Å². The van der Waals surface area contributed by atoms with Crippen LogP contribution < -0.4 is 19.7 Å². The number of hydrogen-bond acceptors (Lipinski definition) is 10. The lowest BCUT2D eigenvalue weighted by atomic mass is 9.92. The molecule has 0 bridgehead atoms. The number of amides is 4. The molecule has 4 aliphatic heterocycles. The molecule has 2 aromatic heterocycles. The molecule has 6 heterocycles. The van der Waals surface area contributed by atoms with Gasteiger partial charge < -0.3 is 34.1 Å². The van der Waals surface area contributed by atoms with Crippen LogP contribution in [0.4, 0.5) is 40.9 Å². The van der Waals surface area contributed by atoms with E-state index in [0.717, 1.165) is 35.2 Å². The summed E-state index contributed by atoms with van der Waals surface area (Å²) in [6.07, 6.45) is -6.28. The maximum Gasteiger partial charge on any atom is 0.416 e. The van der Waals surface area contributed by atoms with Crippen molar-refractivity contribution in [2.45, 2.75) is 37.5 Å². The summed E-state index contributed by atoms with van der Waals surface area (Å²) >= 11 is 5.30. The minimum absolute atomic E-state index is 0.0593. The Morgan fingerprint density at radius 3 is 1.58 bits per heavy atom. The fourth-order valence-corrected chi connectivity index (χ4v) is 7.10. The minimum Gasteiger partial charge on any atom is -0.495 e. The Labute approximate surface area is 370 Å². The monoisotopic (exact) mass is 942 g/mol. The van der Waals surface area contributed by atoms with E-state index < -0.39 is 65.6 Å². The topological polar surface area (TPSA) is 153 Å². The van der Waals surface area contributed by atoms with Gasteiger partial charge in [0.1, 0.15) is 30.1 Å². The lowest BCUT2D eigenvalue weighted by Crippen LogP contribution is -2.65. The fraction of sp³-hybridized carbons (Fsp3) is 0.381. The number of alkyl halides is 6. The van der Waals surface area contributed by atoms with E-state index in [0.29, 0.717) is 30.1 Å². The molecule has 0 saturated carbocycles. The number of aromatic nitrogens is 2. The van der Waals surface area contributed by atoms with Crippen LogP contribution in [0.3, 0.4) is 0 Å². The van der Waals surface area contributed by atoms with Gasteiger partial charge in [-0.1, -0.05) is 35.9 Å². The van der Waals surface area contributed by atoms with E-state index in [2.05, 4.69) is 20.0 Å². The Hall–Kier alpha value is -6.13. The van der Waals surface area contributed by atoms with Gasteiger partial charge in [0.05, 0.1) is 70.7 Å². The second-order valence-electron chi connectivity index (χ2n) is 14.9. The molecule has 348 valence electrons. The summed E-state index contributed by atoms with van der Waals surface area (Å²) < 4.78 is 123. The van der Waals surface area contributed by atoms with Crippen LogP contribution in [0.25, 0.3) is 0 Å². The summed E-state index contributed by atoms with van der Waals surface area (Å²) in [6.45, 7) is 0.772. The smallest absolute Gasteiger partial charge is 0.416 e. The molecule has 2 aromatic carbocycles. The summed E-state index contributed by atoms with van der Waals surface area (Å²) in [5.74, 6) is -3.03. The van der Waals surface area contributed by atoms with Crippen LogP contribution in [0.1, 0.15) is 22.3 Å². The maximum atomic E-state index is 14.5. The number of nitrogens with zero attached hydrogens (tertiary/aromatic N) is 5. The largest absolute Gasteiger partial charge is 0.495 e. The van der Waals surface area contributed by atoms with Crippen molar-refractivity contribution in [2.75, 3.05) is 58.6 Å². The van der Waals surface area contributed by atoms with Gasteiger partial charge in [-0.3, -0.25) is 24.1 Å². The van der Waals surface area contributed by atoms with Gasteiger partial charge in [0.25, 0.3) is 5.91 Å². The van der Waals surface area contributed by atoms with Crippen molar-refractivity contribution in [1.29, 1.82) is 0 Å². The second-order valence-corrected chi connectivity index (χ2v) is 15.2. The van der Waals surface area contributed by atoms with E-state index in [4.69, 9.17) is 25.8 Å². The third-order valence-corrected chi connectivity index (χ3v) is 10.9. The van der Waals surface area contributed by atoms with Crippen molar-refractivity contribution in [1.82, 2.24) is 25.1 Å². The van der Waals surface area contributed by atoms with Crippen molar-refractivity contribution >= 4 is 41.0 Å². The van der Waals surface area contributed by atoms with Gasteiger partial charge >= 0.3 is 12.4 Å². The Kier molecular flexibility index (Phi) is 15.1. The molecule has 4 aliphatic rings. The molecular formula is C42H39ClF8N6O8. The third kappa shape index (κ3) is 11.6. The molecule has 4 fully saturated rings. The molecule has 1 N–H and O–H groups in total. The number of pyridine rings is 2. The number of ether oxygens (including phenoxy) is 4. The highest BCUT2D eigenvalue weighted by Crippen LogP contribution is 2.34. The van der Waals surface area contributed by atoms with Crippen molar-refractivity contribution in [2.24, 2.45) is 11.8 Å². The lowest BCUT2D eigenvalue weighted by Gasteiger charge is -2.45. The average molecular weight is 943 g/mol. The van der Waals surface area contributed by atoms with Gasteiger partial charge in [0, 0.05) is 37.1 Å². The number of carbonyl (C=O) groups is 4. The average Bonchev–Trinajstić information content (AvgIpc) is 3.23. The van der Waals surface area contributed by atoms with E-state index in [9.17, 15) is 54.3 Å². The van der Waals surface area contributed by atoms with E-state index in [1.807, 2.05) is 0 Å². The normalized spacial score (nSPS) is 19.3. The van der Waals surface area contributed by atoms with Crippen molar-refractivity contribution in [3.8, 4) is 11.5 Å². The second kappa shape index (κ2) is 20.4. The molecule has 4 aromatic rings. The summed E-state index contributed by atoms with van der Waals surface area (Å²) in [5.41, 5.74) is -0.565. The van der Waals surface area contributed by atoms with Gasteiger partial charge in [-0.2, -0.15) is 26.3 Å². The summed E-state index contributed by atoms with van der Waals surface area (Å²) in [4.78, 5) is 61.6. The van der Waals surface area contributed by atoms with Crippen molar-refractivity contribution < 1.29 is 73.2 Å². The van der Waals surface area contributed by atoms with E-state index in [1.165, 1.54) is 66.7 Å². The maximum absolute atomic E-state index is 14.5. The molecule has 4 amide bonds. The highest BCUT2D eigenvalue weighted by molar-refractivity contribution is 6.29. The highest BCUT2D eigenvalue weighted by atomic mass is 35.5. The molecule has 14 nitrogen and oxygen atoms in total. The first-order valence-corrected chi connectivity index (χ1v) is 19.9. The summed E-state index contributed by atoms with van der Waals surface area (Å²) in [7, 11) is 2.78. The summed E-state index contributed by atoms with van der Waals surface area (Å²) in [6, 6.07) is 9.67. The van der Waals surface area contributed by atoms with E-state index >= 15 is 0 Å². The number of methoxy groups -OCH3 is 2. The molecular weight excluding hydrogens is 904 g/mol. The molecule has 2 unspecified atom stereocenters. The molecule has 0 radical (unpaired) electrons. The number of carbonyl (C=O) groups excluding carboxylic acids is 4. The Morgan fingerprint density at radius 1 is 0.692 bits per heavy atom. The molecule has 8 rings (SSSR count). The van der Waals surface area contributed by atoms with E-state index in [1.54, 1.807) is 0 Å². The molecule has 4 saturated heterocycles. The predicted octanol–water partition coefficient (Wildman–Crippen LogP) is 5.70. The van der Waals surface area contributed by atoms with Crippen LogP contribution in [0, 0.1) is 23.5 Å². The number of halogens is 9. The zero-order valence-corrected chi connectivity index (χ0v) is 35.1. The minimum atomic E-state index is -4.48. The molecule has 23 heteroatoms. The fourth-order valence-electron chi connectivity index (χ4n) is 7.00. The number of hydrogen-bond donors (Lipinski definition) is 1. The zero-order valence-electron chi connectivity index (χ0n) is 34.3. The van der Waals surface area contributed by atoms with Gasteiger partial charge in [0.2, 0.25) is 17.7 Å². The first-order chi connectivity index (χ1) is 30.8. The van der Waals surface area contributed by atoms with Gasteiger partial charge in [-0.25, -0.2) is 18.7 Å². The van der Waals surface area contributed by atoms with Crippen LogP contribution in [0.5, 0.6) is 11.5 Å². The van der Waals surface area contributed by atoms with Gasteiger partial charge in [-0.05, 0) is 35.4 Å². The number of benzene rings is 2. The van der Waals surface area contributed by atoms with Crippen LogP contribution in [0.15, 0.2) is 73.1 Å². The number of anilines is 1. The zero-order chi connectivity index (χ0) is 47.2. The number of rotatable bonds is 9. The Balaban J connectivity index is 0.000000184. The molecule has 2 atom stereocenters. The third-order valence-electron chi connectivity index (χ3n) is 10.6. The number of nitrogens with one attached hydrogen (secondary N) is 1. The molecule has 65 heavy (non-hydrogen) atoms.